The van der Waals surface area contributed by atoms with Gasteiger partial charge in [-0.05, 0) is 29.2 Å². The molecule has 1 aliphatic rings. The molecule has 4 heteroatoms. The highest BCUT2D eigenvalue weighted by Gasteiger charge is 2.43. The Morgan fingerprint density at radius 3 is 2.14 bits per heavy atom. The minimum atomic E-state index is -0.918. The van der Waals surface area contributed by atoms with Crippen LogP contribution in [0.5, 0.6) is 0 Å². The van der Waals surface area contributed by atoms with Crippen molar-refractivity contribution in [1.29, 1.82) is 0 Å². The molecule has 0 saturated carbocycles. The van der Waals surface area contributed by atoms with Crippen molar-refractivity contribution in [2.24, 2.45) is 0 Å². The van der Waals surface area contributed by atoms with E-state index < -0.39 is 17.9 Å². The van der Waals surface area contributed by atoms with E-state index in [-0.39, 0.29) is 5.91 Å². The highest BCUT2D eigenvalue weighted by atomic mass is 16.4. The molecule has 0 spiro atoms. The quantitative estimate of drug-likeness (QED) is 0.728. The Morgan fingerprint density at radius 2 is 1.46 bits per heavy atom. The van der Waals surface area contributed by atoms with E-state index >= 15 is 0 Å². The summed E-state index contributed by atoms with van der Waals surface area (Å²) >= 11 is 0. The van der Waals surface area contributed by atoms with Gasteiger partial charge in [0.25, 0.3) is 5.91 Å². The predicted octanol–water partition coefficient (Wildman–Crippen LogP) is 4.29. The van der Waals surface area contributed by atoms with Crippen LogP contribution in [-0.2, 0) is 11.2 Å². The van der Waals surface area contributed by atoms with Crippen molar-refractivity contribution < 1.29 is 14.7 Å². The lowest BCUT2D eigenvalue weighted by Crippen LogP contribution is -2.45. The lowest BCUT2D eigenvalue weighted by Gasteiger charge is -2.41. The standard InChI is InChI=1S/C24H21NO3/c26-23-20-14-8-7-13-19(20)21(24(27)28)22(18-11-5-2-6-12-18)25(23)16-15-17-9-3-1-4-10-17/h1-14,21-22H,15-16H2,(H,27,28)/t21-,22-/m0/s1. The molecule has 0 aliphatic carbocycles. The first kappa shape index (κ1) is 18.0. The van der Waals surface area contributed by atoms with E-state index in [0.29, 0.717) is 24.1 Å². The fraction of sp³-hybridized carbons (Fsp3) is 0.167. The lowest BCUT2D eigenvalue weighted by atomic mass is 9.79. The number of carbonyl (C=O) groups excluding carboxylic acids is 1. The van der Waals surface area contributed by atoms with Gasteiger partial charge in [0, 0.05) is 12.1 Å². The number of carbonyl (C=O) groups is 2. The third kappa shape index (κ3) is 3.29. The minimum absolute atomic E-state index is 0.113. The molecule has 0 aromatic heterocycles. The Morgan fingerprint density at radius 1 is 0.857 bits per heavy atom. The Kier molecular flexibility index (Phi) is 4.94. The van der Waals surface area contributed by atoms with E-state index in [1.165, 1.54) is 0 Å². The second-order valence-electron chi connectivity index (χ2n) is 6.99. The SMILES string of the molecule is O=C(O)[C@H]1c2ccccc2C(=O)N(CCc2ccccc2)[C@H]1c1ccccc1. The molecule has 0 fully saturated rings. The Balaban J connectivity index is 1.79. The Bertz CT molecular complexity index is 985. The van der Waals surface area contributed by atoms with E-state index in [9.17, 15) is 14.7 Å². The summed E-state index contributed by atoms with van der Waals surface area (Å²) in [5, 5.41) is 10.1. The molecule has 0 saturated heterocycles. The van der Waals surface area contributed by atoms with E-state index in [4.69, 9.17) is 0 Å². The van der Waals surface area contributed by atoms with Gasteiger partial charge >= 0.3 is 5.97 Å². The topological polar surface area (TPSA) is 57.6 Å². The van der Waals surface area contributed by atoms with Gasteiger partial charge in [-0.1, -0.05) is 78.9 Å². The largest absolute Gasteiger partial charge is 0.481 e. The molecule has 1 aliphatic heterocycles. The lowest BCUT2D eigenvalue weighted by molar-refractivity contribution is -0.140. The maximum atomic E-state index is 13.3. The molecule has 140 valence electrons. The van der Waals surface area contributed by atoms with Gasteiger partial charge in [0.15, 0.2) is 0 Å². The summed E-state index contributed by atoms with van der Waals surface area (Å²) in [7, 11) is 0. The highest BCUT2D eigenvalue weighted by molar-refractivity contribution is 6.00. The summed E-state index contributed by atoms with van der Waals surface area (Å²) < 4.78 is 0. The molecule has 1 amide bonds. The van der Waals surface area contributed by atoms with Gasteiger partial charge in [-0.3, -0.25) is 9.59 Å². The van der Waals surface area contributed by atoms with E-state index in [1.807, 2.05) is 60.7 Å². The van der Waals surface area contributed by atoms with Crippen LogP contribution in [0.3, 0.4) is 0 Å². The molecule has 0 bridgehead atoms. The zero-order chi connectivity index (χ0) is 19.5. The van der Waals surface area contributed by atoms with Crippen LogP contribution < -0.4 is 0 Å². The molecule has 28 heavy (non-hydrogen) atoms. The van der Waals surface area contributed by atoms with Crippen LogP contribution in [0.1, 0.15) is 39.0 Å². The molecule has 4 rings (SSSR count). The van der Waals surface area contributed by atoms with E-state index in [0.717, 1.165) is 11.1 Å². The maximum absolute atomic E-state index is 13.3. The first-order chi connectivity index (χ1) is 13.7. The number of aliphatic carboxylic acids is 1. The molecule has 4 nitrogen and oxygen atoms in total. The number of carboxylic acid groups (broad SMARTS) is 1. The molecule has 0 unspecified atom stereocenters. The van der Waals surface area contributed by atoms with Crippen LogP contribution >= 0.6 is 0 Å². The number of amides is 1. The minimum Gasteiger partial charge on any atom is -0.481 e. The average molecular weight is 371 g/mol. The van der Waals surface area contributed by atoms with Crippen molar-refractivity contribution in [2.45, 2.75) is 18.4 Å². The zero-order valence-corrected chi connectivity index (χ0v) is 15.4. The Labute approximate surface area is 164 Å². The second-order valence-corrected chi connectivity index (χ2v) is 6.99. The zero-order valence-electron chi connectivity index (χ0n) is 15.4. The van der Waals surface area contributed by atoms with Crippen molar-refractivity contribution in [3.63, 3.8) is 0 Å². The summed E-state index contributed by atoms with van der Waals surface area (Å²) in [6.07, 6.45) is 0.671. The van der Waals surface area contributed by atoms with Gasteiger partial charge in [0.2, 0.25) is 0 Å². The van der Waals surface area contributed by atoms with Gasteiger partial charge in [-0.15, -0.1) is 0 Å². The summed E-state index contributed by atoms with van der Waals surface area (Å²) in [5.74, 6) is -1.83. The maximum Gasteiger partial charge on any atom is 0.313 e. The highest BCUT2D eigenvalue weighted by Crippen LogP contribution is 2.42. The molecular formula is C24H21NO3. The number of fused-ring (bicyclic) bond motifs is 1. The molecular weight excluding hydrogens is 350 g/mol. The fourth-order valence-electron chi connectivity index (χ4n) is 4.02. The number of hydrogen-bond acceptors (Lipinski definition) is 2. The predicted molar refractivity (Wildman–Crippen MR) is 107 cm³/mol. The van der Waals surface area contributed by atoms with Crippen LogP contribution in [0.15, 0.2) is 84.9 Å². The van der Waals surface area contributed by atoms with Crippen LogP contribution in [0.2, 0.25) is 0 Å². The van der Waals surface area contributed by atoms with Crippen molar-refractivity contribution in [3.05, 3.63) is 107 Å². The van der Waals surface area contributed by atoms with Crippen molar-refractivity contribution in [2.75, 3.05) is 6.54 Å². The van der Waals surface area contributed by atoms with Gasteiger partial charge in [-0.25, -0.2) is 0 Å². The fourth-order valence-corrected chi connectivity index (χ4v) is 4.02. The van der Waals surface area contributed by atoms with Gasteiger partial charge < -0.3 is 10.0 Å². The summed E-state index contributed by atoms with van der Waals surface area (Å²) in [4.78, 5) is 27.3. The third-order valence-corrected chi connectivity index (χ3v) is 5.33. The van der Waals surface area contributed by atoms with Crippen LogP contribution in [0.25, 0.3) is 0 Å². The number of rotatable bonds is 5. The van der Waals surface area contributed by atoms with Crippen LogP contribution in [-0.4, -0.2) is 28.4 Å². The molecule has 1 heterocycles. The number of hydrogen-bond donors (Lipinski definition) is 1. The van der Waals surface area contributed by atoms with E-state index in [2.05, 4.69) is 0 Å². The third-order valence-electron chi connectivity index (χ3n) is 5.33. The van der Waals surface area contributed by atoms with Crippen molar-refractivity contribution in [1.82, 2.24) is 4.90 Å². The normalized spacial score (nSPS) is 18.6. The van der Waals surface area contributed by atoms with Gasteiger partial charge in [0.05, 0.1) is 6.04 Å². The Hall–Kier alpha value is -3.40. The molecule has 1 N–H and O–H groups in total. The van der Waals surface area contributed by atoms with Gasteiger partial charge in [-0.2, -0.15) is 0 Å². The summed E-state index contributed by atoms with van der Waals surface area (Å²) in [6, 6.07) is 25.9. The van der Waals surface area contributed by atoms with E-state index in [1.54, 1.807) is 29.2 Å². The summed E-state index contributed by atoms with van der Waals surface area (Å²) in [6.45, 7) is 0.459. The molecule has 0 radical (unpaired) electrons. The van der Waals surface area contributed by atoms with Crippen molar-refractivity contribution >= 4 is 11.9 Å². The van der Waals surface area contributed by atoms with Crippen LogP contribution in [0, 0.1) is 0 Å². The molecule has 3 aromatic rings. The smallest absolute Gasteiger partial charge is 0.313 e. The second kappa shape index (κ2) is 7.69. The molecule has 2 atom stereocenters. The number of carboxylic acids is 1. The van der Waals surface area contributed by atoms with Crippen molar-refractivity contribution in [3.8, 4) is 0 Å². The molecule has 3 aromatic carbocycles. The monoisotopic (exact) mass is 371 g/mol. The number of benzene rings is 3. The summed E-state index contributed by atoms with van der Waals surface area (Å²) in [5.41, 5.74) is 3.03. The average Bonchev–Trinajstić information content (AvgIpc) is 2.74. The first-order valence-corrected chi connectivity index (χ1v) is 9.38. The van der Waals surface area contributed by atoms with Crippen LogP contribution in [0.4, 0.5) is 0 Å². The first-order valence-electron chi connectivity index (χ1n) is 9.38. The van der Waals surface area contributed by atoms with Gasteiger partial charge in [0.1, 0.15) is 5.92 Å². The number of nitrogens with zero attached hydrogens (tertiary/aromatic N) is 1.